The third kappa shape index (κ3) is 4.07. The zero-order valence-electron chi connectivity index (χ0n) is 19.9. The topological polar surface area (TPSA) is 40.5 Å². The first-order valence-electron chi connectivity index (χ1n) is 13.0. The van der Waals surface area contributed by atoms with E-state index in [2.05, 4.69) is 34.6 Å². The molecular formula is C27H48O2. The molecule has 1 unspecified atom stereocenters. The lowest BCUT2D eigenvalue weighted by Crippen LogP contribution is -2.50. The molecule has 0 aromatic carbocycles. The Kier molecular flexibility index (Phi) is 6.19. The molecule has 168 valence electrons. The fraction of sp³-hybridized carbons (Fsp3) is 1.00. The molecule has 2 nitrogen and oxygen atoms in total. The van der Waals surface area contributed by atoms with Crippen LogP contribution < -0.4 is 0 Å². The number of fused-ring (bicyclic) bond motifs is 5. The normalized spacial score (nSPS) is 49.2. The average Bonchev–Trinajstić information content (AvgIpc) is 3.01. The maximum absolute atomic E-state index is 10.6. The van der Waals surface area contributed by atoms with E-state index in [1.54, 1.807) is 0 Å². The average molecular weight is 405 g/mol. The van der Waals surface area contributed by atoms with E-state index in [0.717, 1.165) is 60.7 Å². The van der Waals surface area contributed by atoms with Gasteiger partial charge in [0.1, 0.15) is 0 Å². The quantitative estimate of drug-likeness (QED) is 0.553. The lowest BCUT2D eigenvalue weighted by Gasteiger charge is -2.57. The molecule has 0 heterocycles. The molecule has 4 aliphatic rings. The van der Waals surface area contributed by atoms with Crippen molar-refractivity contribution in [2.75, 3.05) is 0 Å². The Morgan fingerprint density at radius 3 is 2.28 bits per heavy atom. The summed E-state index contributed by atoms with van der Waals surface area (Å²) in [7, 11) is 0. The number of hydrogen-bond acceptors (Lipinski definition) is 2. The molecule has 4 saturated carbocycles. The molecule has 29 heavy (non-hydrogen) atoms. The van der Waals surface area contributed by atoms with E-state index in [4.69, 9.17) is 0 Å². The lowest BCUT2D eigenvalue weighted by molar-refractivity contribution is -0.103. The summed E-state index contributed by atoms with van der Waals surface area (Å²) < 4.78 is 0. The summed E-state index contributed by atoms with van der Waals surface area (Å²) in [4.78, 5) is 0. The summed E-state index contributed by atoms with van der Waals surface area (Å²) in [5.41, 5.74) is 0.141. The largest absolute Gasteiger partial charge is 0.393 e. The predicted octanol–water partition coefficient (Wildman–Crippen LogP) is 6.44. The van der Waals surface area contributed by atoms with Crippen molar-refractivity contribution in [2.24, 2.45) is 52.8 Å². The summed E-state index contributed by atoms with van der Waals surface area (Å²) in [6, 6.07) is 0. The molecule has 0 bridgehead atoms. The molecule has 10 atom stereocenters. The highest BCUT2D eigenvalue weighted by Gasteiger charge is 2.58. The van der Waals surface area contributed by atoms with E-state index >= 15 is 0 Å². The molecule has 0 saturated heterocycles. The Labute approximate surface area is 180 Å². The number of aliphatic hydroxyl groups is 2. The zero-order chi connectivity index (χ0) is 21.0. The Balaban J connectivity index is 1.42. The fourth-order valence-electron chi connectivity index (χ4n) is 9.03. The first kappa shape index (κ1) is 22.1. The molecule has 0 aliphatic heterocycles. The highest BCUT2D eigenvalue weighted by molar-refractivity contribution is 5.07. The first-order valence-corrected chi connectivity index (χ1v) is 13.0. The van der Waals surface area contributed by atoms with Crippen LogP contribution in [0.1, 0.15) is 105 Å². The van der Waals surface area contributed by atoms with Crippen molar-refractivity contribution in [3.8, 4) is 0 Å². The Hall–Kier alpha value is -0.0800. The summed E-state index contributed by atoms with van der Waals surface area (Å²) >= 11 is 0. The predicted molar refractivity (Wildman–Crippen MR) is 120 cm³/mol. The van der Waals surface area contributed by atoms with Crippen LogP contribution in [-0.2, 0) is 0 Å². The van der Waals surface area contributed by atoms with Crippen LogP contribution in [0.4, 0.5) is 0 Å². The van der Waals surface area contributed by atoms with Crippen molar-refractivity contribution in [1.29, 1.82) is 0 Å². The zero-order valence-corrected chi connectivity index (χ0v) is 19.9. The van der Waals surface area contributed by atoms with Gasteiger partial charge in [-0.3, -0.25) is 0 Å². The molecule has 0 radical (unpaired) electrons. The van der Waals surface area contributed by atoms with Gasteiger partial charge in [0, 0.05) is 0 Å². The SMILES string of the molecule is CC(C)C(O)CC[C@@H](C)[C@H]1CC[C@H]2[C@@H]3CC[C@H]4C[C@@](C)(O)CC[C@@H]4[C@H]3CC[C@]12C. The number of aliphatic hydroxyl groups excluding tert-OH is 1. The summed E-state index contributed by atoms with van der Waals surface area (Å²) in [5.74, 6) is 6.52. The second kappa shape index (κ2) is 8.12. The molecular weight excluding hydrogens is 356 g/mol. The van der Waals surface area contributed by atoms with Gasteiger partial charge < -0.3 is 10.2 Å². The lowest BCUT2D eigenvalue weighted by atomic mass is 9.48. The number of hydrogen-bond donors (Lipinski definition) is 2. The Morgan fingerprint density at radius 1 is 0.828 bits per heavy atom. The molecule has 4 rings (SSSR count). The third-order valence-electron chi connectivity index (χ3n) is 10.7. The molecule has 0 aromatic heterocycles. The van der Waals surface area contributed by atoms with Gasteiger partial charge in [0.15, 0.2) is 0 Å². The second-order valence-corrected chi connectivity index (χ2v) is 12.8. The summed E-state index contributed by atoms with van der Waals surface area (Å²) in [5, 5.41) is 20.9. The Bertz CT molecular complexity index is 569. The van der Waals surface area contributed by atoms with Crippen LogP contribution in [0.15, 0.2) is 0 Å². The summed E-state index contributed by atoms with van der Waals surface area (Å²) in [6.07, 6.45) is 13.9. The van der Waals surface area contributed by atoms with Crippen molar-refractivity contribution in [1.82, 2.24) is 0 Å². The molecule has 0 spiro atoms. The highest BCUT2D eigenvalue weighted by atomic mass is 16.3. The second-order valence-electron chi connectivity index (χ2n) is 12.8. The van der Waals surface area contributed by atoms with Crippen LogP contribution in [0.2, 0.25) is 0 Å². The third-order valence-corrected chi connectivity index (χ3v) is 10.7. The van der Waals surface area contributed by atoms with Crippen LogP contribution in [-0.4, -0.2) is 21.9 Å². The molecule has 4 fully saturated rings. The molecule has 0 aromatic rings. The fourth-order valence-corrected chi connectivity index (χ4v) is 9.03. The van der Waals surface area contributed by atoms with Gasteiger partial charge in [0.05, 0.1) is 11.7 Å². The standard InChI is InChI=1S/C27H48O2/c1-17(2)25(28)11-6-18(3)23-9-10-24-22-8-7-19-16-26(4,29)14-12-20(19)21(22)13-15-27(23,24)5/h17-25,28-29H,6-16H2,1-5H3/t18-,19+,20+,21-,22-,23-,24+,25?,26+,27-/m1/s1. The van der Waals surface area contributed by atoms with Gasteiger partial charge in [-0.25, -0.2) is 0 Å². The minimum absolute atomic E-state index is 0.128. The Morgan fingerprint density at radius 2 is 1.55 bits per heavy atom. The molecule has 2 N–H and O–H groups in total. The molecule has 4 aliphatic carbocycles. The van der Waals surface area contributed by atoms with E-state index in [1.165, 1.54) is 51.4 Å². The maximum atomic E-state index is 10.6. The van der Waals surface area contributed by atoms with Crippen molar-refractivity contribution < 1.29 is 10.2 Å². The monoisotopic (exact) mass is 404 g/mol. The van der Waals surface area contributed by atoms with Gasteiger partial charge in [0.2, 0.25) is 0 Å². The minimum Gasteiger partial charge on any atom is -0.393 e. The van der Waals surface area contributed by atoms with E-state index < -0.39 is 5.60 Å². The van der Waals surface area contributed by atoms with Crippen molar-refractivity contribution in [3.63, 3.8) is 0 Å². The molecule has 2 heteroatoms. The van der Waals surface area contributed by atoms with E-state index in [1.807, 2.05) is 0 Å². The van der Waals surface area contributed by atoms with Gasteiger partial charge in [-0.15, -0.1) is 0 Å². The smallest absolute Gasteiger partial charge is 0.0622 e. The van der Waals surface area contributed by atoms with Gasteiger partial charge in [-0.1, -0.05) is 27.7 Å². The van der Waals surface area contributed by atoms with Gasteiger partial charge in [0.25, 0.3) is 0 Å². The first-order chi connectivity index (χ1) is 13.6. The van der Waals surface area contributed by atoms with Crippen LogP contribution >= 0.6 is 0 Å². The van der Waals surface area contributed by atoms with Crippen LogP contribution in [0.3, 0.4) is 0 Å². The van der Waals surface area contributed by atoms with Gasteiger partial charge in [-0.05, 0) is 130 Å². The molecule has 0 amide bonds. The van der Waals surface area contributed by atoms with Crippen LogP contribution in [0, 0.1) is 52.8 Å². The van der Waals surface area contributed by atoms with Crippen LogP contribution in [0.5, 0.6) is 0 Å². The van der Waals surface area contributed by atoms with E-state index in [0.29, 0.717) is 11.3 Å². The van der Waals surface area contributed by atoms with Crippen molar-refractivity contribution >= 4 is 0 Å². The van der Waals surface area contributed by atoms with E-state index in [9.17, 15) is 10.2 Å². The van der Waals surface area contributed by atoms with Crippen molar-refractivity contribution in [3.05, 3.63) is 0 Å². The van der Waals surface area contributed by atoms with Crippen molar-refractivity contribution in [2.45, 2.75) is 117 Å². The van der Waals surface area contributed by atoms with Crippen LogP contribution in [0.25, 0.3) is 0 Å². The highest BCUT2D eigenvalue weighted by Crippen LogP contribution is 2.65. The minimum atomic E-state index is -0.397. The maximum Gasteiger partial charge on any atom is 0.0622 e. The van der Waals surface area contributed by atoms with E-state index in [-0.39, 0.29) is 6.10 Å². The summed E-state index contributed by atoms with van der Waals surface area (Å²) in [6.45, 7) is 11.5. The van der Waals surface area contributed by atoms with Gasteiger partial charge >= 0.3 is 0 Å². The van der Waals surface area contributed by atoms with Gasteiger partial charge in [-0.2, -0.15) is 0 Å². The number of rotatable bonds is 5.